The van der Waals surface area contributed by atoms with Crippen LogP contribution in [0.3, 0.4) is 0 Å². The predicted molar refractivity (Wildman–Crippen MR) is 77.3 cm³/mol. The highest BCUT2D eigenvalue weighted by Crippen LogP contribution is 2.29. The van der Waals surface area contributed by atoms with Gasteiger partial charge < -0.3 is 21.7 Å². The molecule has 3 amide bonds. The van der Waals surface area contributed by atoms with Gasteiger partial charge >= 0.3 is 6.03 Å². The smallest absolute Gasteiger partial charge is 0.315 e. The van der Waals surface area contributed by atoms with Gasteiger partial charge in [-0.3, -0.25) is 4.79 Å². The molecule has 0 aromatic carbocycles. The Kier molecular flexibility index (Phi) is 8.51. The van der Waals surface area contributed by atoms with E-state index in [1.54, 1.807) is 0 Å². The molecule has 0 spiro atoms. The highest BCUT2D eigenvalue weighted by molar-refractivity contribution is 5.91. The Bertz CT molecular complexity index is 293. The van der Waals surface area contributed by atoms with E-state index in [1.807, 2.05) is 6.92 Å². The summed E-state index contributed by atoms with van der Waals surface area (Å²) in [5.41, 5.74) is 4.66. The van der Waals surface area contributed by atoms with Crippen LogP contribution in [0.4, 0.5) is 4.79 Å². The van der Waals surface area contributed by atoms with E-state index in [0.29, 0.717) is 32.5 Å². The number of amides is 3. The van der Waals surface area contributed by atoms with Gasteiger partial charge in [0, 0.05) is 13.1 Å². The summed E-state index contributed by atoms with van der Waals surface area (Å²) >= 11 is 0. The Morgan fingerprint density at radius 1 is 1.21 bits per heavy atom. The molecule has 5 N–H and O–H groups in total. The van der Waals surface area contributed by atoms with Crippen LogP contribution in [0.2, 0.25) is 0 Å². The maximum absolute atomic E-state index is 12.2. The molecule has 7 heteroatoms. The Hall–Kier alpha value is -1.01. The van der Waals surface area contributed by atoms with E-state index in [-0.39, 0.29) is 24.3 Å². The number of hydrogen-bond donors (Lipinski definition) is 4. The number of carbonyl (C=O) groups is 2. The summed E-state index contributed by atoms with van der Waals surface area (Å²) in [7, 11) is 0. The largest absolute Gasteiger partial charge is 0.354 e. The van der Waals surface area contributed by atoms with Gasteiger partial charge in [-0.05, 0) is 32.7 Å². The van der Waals surface area contributed by atoms with E-state index < -0.39 is 5.54 Å². The van der Waals surface area contributed by atoms with Crippen LogP contribution in [0.25, 0.3) is 0 Å². The molecular formula is C12H25ClN4O2. The first kappa shape index (κ1) is 18.0. The molecular weight excluding hydrogens is 268 g/mol. The number of halogens is 1. The topological polar surface area (TPSA) is 96.2 Å². The third-order valence-corrected chi connectivity index (χ3v) is 3.25. The number of rotatable bonds is 6. The van der Waals surface area contributed by atoms with Crippen molar-refractivity contribution in [3.63, 3.8) is 0 Å². The first-order valence-electron chi connectivity index (χ1n) is 6.69. The molecule has 19 heavy (non-hydrogen) atoms. The van der Waals surface area contributed by atoms with Gasteiger partial charge in [0.2, 0.25) is 5.91 Å². The van der Waals surface area contributed by atoms with E-state index in [9.17, 15) is 9.59 Å². The van der Waals surface area contributed by atoms with Crippen molar-refractivity contribution in [2.75, 3.05) is 19.6 Å². The van der Waals surface area contributed by atoms with Crippen molar-refractivity contribution in [2.45, 2.75) is 44.6 Å². The summed E-state index contributed by atoms with van der Waals surface area (Å²) in [4.78, 5) is 23.8. The van der Waals surface area contributed by atoms with Gasteiger partial charge in [-0.25, -0.2) is 4.79 Å². The lowest BCUT2D eigenvalue weighted by Crippen LogP contribution is -2.59. The monoisotopic (exact) mass is 292 g/mol. The molecule has 0 unspecified atom stereocenters. The van der Waals surface area contributed by atoms with E-state index in [4.69, 9.17) is 5.73 Å². The molecule has 0 heterocycles. The second-order valence-electron chi connectivity index (χ2n) is 4.67. The second-order valence-corrected chi connectivity index (χ2v) is 4.67. The molecule has 1 saturated carbocycles. The summed E-state index contributed by atoms with van der Waals surface area (Å²) in [6.45, 7) is 3.52. The van der Waals surface area contributed by atoms with Crippen LogP contribution in [-0.2, 0) is 4.79 Å². The van der Waals surface area contributed by atoms with Crippen LogP contribution in [-0.4, -0.2) is 37.1 Å². The Morgan fingerprint density at radius 2 is 1.84 bits per heavy atom. The van der Waals surface area contributed by atoms with Crippen molar-refractivity contribution >= 4 is 24.3 Å². The van der Waals surface area contributed by atoms with Crippen molar-refractivity contribution < 1.29 is 9.59 Å². The molecule has 0 saturated heterocycles. The van der Waals surface area contributed by atoms with Crippen LogP contribution in [0, 0.1) is 0 Å². The van der Waals surface area contributed by atoms with Gasteiger partial charge in [-0.1, -0.05) is 12.8 Å². The maximum atomic E-state index is 12.2. The maximum Gasteiger partial charge on any atom is 0.315 e. The van der Waals surface area contributed by atoms with E-state index in [1.165, 1.54) is 0 Å². The average molecular weight is 293 g/mol. The fraction of sp³-hybridized carbons (Fsp3) is 0.833. The molecule has 112 valence electrons. The molecule has 1 aliphatic carbocycles. The van der Waals surface area contributed by atoms with Crippen LogP contribution in [0.5, 0.6) is 0 Å². The van der Waals surface area contributed by atoms with Crippen molar-refractivity contribution in [2.24, 2.45) is 5.73 Å². The van der Waals surface area contributed by atoms with Crippen LogP contribution in [0.15, 0.2) is 0 Å². The number of hydrogen-bond acceptors (Lipinski definition) is 3. The SMILES string of the molecule is CCNC(=O)NC1(C(=O)NCCCN)CCCC1.Cl. The number of carbonyl (C=O) groups excluding carboxylic acids is 2. The van der Waals surface area contributed by atoms with Gasteiger partial charge in [-0.2, -0.15) is 0 Å². The fourth-order valence-electron chi connectivity index (χ4n) is 2.28. The Balaban J connectivity index is 0.00000324. The van der Waals surface area contributed by atoms with Gasteiger partial charge in [0.05, 0.1) is 0 Å². The molecule has 0 aliphatic heterocycles. The third kappa shape index (κ3) is 5.24. The Morgan fingerprint density at radius 3 is 2.37 bits per heavy atom. The minimum atomic E-state index is -0.728. The first-order valence-corrected chi connectivity index (χ1v) is 6.69. The number of nitrogens with one attached hydrogen (secondary N) is 3. The van der Waals surface area contributed by atoms with Crippen molar-refractivity contribution in [1.82, 2.24) is 16.0 Å². The van der Waals surface area contributed by atoms with Crippen molar-refractivity contribution in [3.05, 3.63) is 0 Å². The minimum absolute atomic E-state index is 0. The summed E-state index contributed by atoms with van der Waals surface area (Å²) in [6, 6.07) is -0.270. The van der Waals surface area contributed by atoms with Crippen molar-refractivity contribution in [3.8, 4) is 0 Å². The zero-order chi connectivity index (χ0) is 13.4. The summed E-state index contributed by atoms with van der Waals surface area (Å²) < 4.78 is 0. The second kappa shape index (κ2) is 8.98. The standard InChI is InChI=1S/C12H24N4O2.ClH/c1-2-14-11(18)16-12(6-3-4-7-12)10(17)15-9-5-8-13;/h2-9,13H2,1H3,(H,15,17)(H2,14,16,18);1H. The van der Waals surface area contributed by atoms with Crippen LogP contribution in [0.1, 0.15) is 39.0 Å². The van der Waals surface area contributed by atoms with Crippen molar-refractivity contribution in [1.29, 1.82) is 0 Å². The summed E-state index contributed by atoms with van der Waals surface area (Å²) in [6.07, 6.45) is 4.10. The highest BCUT2D eigenvalue weighted by atomic mass is 35.5. The van der Waals surface area contributed by atoms with Gasteiger partial charge in [-0.15, -0.1) is 12.4 Å². The zero-order valence-corrected chi connectivity index (χ0v) is 12.3. The summed E-state index contributed by atoms with van der Waals surface area (Å²) in [5.74, 6) is -0.0836. The van der Waals surface area contributed by atoms with Gasteiger partial charge in [0.15, 0.2) is 0 Å². The average Bonchev–Trinajstić information content (AvgIpc) is 2.79. The van der Waals surface area contributed by atoms with Gasteiger partial charge in [0.25, 0.3) is 0 Å². The molecule has 1 fully saturated rings. The zero-order valence-electron chi connectivity index (χ0n) is 11.5. The fourth-order valence-corrected chi connectivity index (χ4v) is 2.28. The molecule has 6 nitrogen and oxygen atoms in total. The minimum Gasteiger partial charge on any atom is -0.354 e. The predicted octanol–water partition coefficient (Wildman–Crippen LogP) is 0.505. The molecule has 0 aromatic heterocycles. The molecule has 0 atom stereocenters. The quantitative estimate of drug-likeness (QED) is 0.537. The van der Waals surface area contributed by atoms with Gasteiger partial charge in [0.1, 0.15) is 5.54 Å². The molecule has 1 aliphatic rings. The van der Waals surface area contributed by atoms with E-state index in [2.05, 4.69) is 16.0 Å². The van der Waals surface area contributed by atoms with Crippen LogP contribution < -0.4 is 21.7 Å². The number of urea groups is 1. The summed E-state index contributed by atoms with van der Waals surface area (Å²) in [5, 5.41) is 8.35. The lowest BCUT2D eigenvalue weighted by molar-refractivity contribution is -0.127. The molecule has 1 rings (SSSR count). The highest BCUT2D eigenvalue weighted by Gasteiger charge is 2.42. The van der Waals surface area contributed by atoms with E-state index >= 15 is 0 Å². The molecule has 0 bridgehead atoms. The third-order valence-electron chi connectivity index (χ3n) is 3.25. The lowest BCUT2D eigenvalue weighted by Gasteiger charge is -2.29. The normalized spacial score (nSPS) is 16.3. The Labute approximate surface area is 120 Å². The number of nitrogens with two attached hydrogens (primary N) is 1. The first-order chi connectivity index (χ1) is 8.64. The van der Waals surface area contributed by atoms with E-state index in [0.717, 1.165) is 19.3 Å². The lowest BCUT2D eigenvalue weighted by atomic mass is 9.96. The molecule has 0 radical (unpaired) electrons. The van der Waals surface area contributed by atoms with Crippen LogP contribution >= 0.6 is 12.4 Å². The molecule has 0 aromatic rings.